The van der Waals surface area contributed by atoms with Gasteiger partial charge >= 0.3 is 0 Å². The molecule has 0 unspecified atom stereocenters. The quantitative estimate of drug-likeness (QED) is 0.501. The average Bonchev–Trinajstić information content (AvgIpc) is 2.19. The lowest BCUT2D eigenvalue weighted by atomic mass is 9.85. The minimum absolute atomic E-state index is 0.0698. The Morgan fingerprint density at radius 2 is 1.88 bits per heavy atom. The number of ketones is 1. The Morgan fingerprint density at radius 1 is 1.25 bits per heavy atom. The van der Waals surface area contributed by atoms with Gasteiger partial charge in [0.15, 0.2) is 5.78 Å². The van der Waals surface area contributed by atoms with Crippen LogP contribution in [0.25, 0.3) is 0 Å². The number of carbonyl (C=O) groups excluding carboxylic acids is 1. The Hall–Kier alpha value is -1.07. The van der Waals surface area contributed by atoms with Crippen LogP contribution in [-0.4, -0.2) is 5.78 Å². The summed E-state index contributed by atoms with van der Waals surface area (Å²) in [4.78, 5) is 11.7. The molecule has 1 fully saturated rings. The number of Topliss-reactive ketones (excluding diaryl/α,β-unsaturated/α-hetero) is 1. The van der Waals surface area contributed by atoms with Gasteiger partial charge in [0.25, 0.3) is 0 Å². The van der Waals surface area contributed by atoms with E-state index < -0.39 is 0 Å². The van der Waals surface area contributed by atoms with E-state index in [1.165, 1.54) is 5.57 Å². The zero-order valence-corrected chi connectivity index (χ0v) is 10.9. The zero-order valence-electron chi connectivity index (χ0n) is 10.9. The lowest BCUT2D eigenvalue weighted by Crippen LogP contribution is -2.13. The summed E-state index contributed by atoms with van der Waals surface area (Å²) in [5.74, 6) is 0.338. The molecule has 0 aromatic heterocycles. The van der Waals surface area contributed by atoms with Gasteiger partial charge in [-0.25, -0.2) is 0 Å². The molecule has 0 spiro atoms. The molecule has 0 atom stereocenters. The maximum absolute atomic E-state index is 11.7. The maximum Gasteiger partial charge on any atom is 0.158 e. The van der Waals surface area contributed by atoms with Crippen molar-refractivity contribution in [2.45, 2.75) is 53.4 Å². The van der Waals surface area contributed by atoms with E-state index in [0.717, 1.165) is 31.3 Å². The molecular formula is C15H22O. The molecule has 1 aliphatic carbocycles. The Kier molecular flexibility index (Phi) is 4.32. The molecule has 1 saturated carbocycles. The van der Waals surface area contributed by atoms with Gasteiger partial charge in [0.05, 0.1) is 0 Å². The zero-order chi connectivity index (χ0) is 12.2. The van der Waals surface area contributed by atoms with Gasteiger partial charge in [0.1, 0.15) is 0 Å². The van der Waals surface area contributed by atoms with Crippen LogP contribution in [0.5, 0.6) is 0 Å². The highest BCUT2D eigenvalue weighted by Crippen LogP contribution is 2.27. The molecule has 0 bridgehead atoms. The number of carbonyl (C=O) groups is 1. The normalized spacial score (nSPS) is 19.5. The number of allylic oxidation sites excluding steroid dienone is 3. The highest BCUT2D eigenvalue weighted by molar-refractivity contribution is 5.96. The van der Waals surface area contributed by atoms with Crippen molar-refractivity contribution in [3.8, 4) is 0 Å². The molecule has 1 aliphatic rings. The summed E-state index contributed by atoms with van der Waals surface area (Å²) >= 11 is 0. The van der Waals surface area contributed by atoms with E-state index in [1.807, 2.05) is 13.8 Å². The fourth-order valence-electron chi connectivity index (χ4n) is 1.87. The first-order valence-electron chi connectivity index (χ1n) is 6.07. The largest absolute Gasteiger partial charge is 0.295 e. The van der Waals surface area contributed by atoms with Gasteiger partial charge in [-0.2, -0.15) is 0 Å². The van der Waals surface area contributed by atoms with Gasteiger partial charge in [-0.1, -0.05) is 19.9 Å². The topological polar surface area (TPSA) is 17.1 Å². The molecule has 0 N–H and O–H groups in total. The van der Waals surface area contributed by atoms with Crippen molar-refractivity contribution < 1.29 is 4.79 Å². The third-order valence-corrected chi connectivity index (χ3v) is 2.74. The van der Waals surface area contributed by atoms with E-state index in [9.17, 15) is 4.79 Å². The van der Waals surface area contributed by atoms with E-state index >= 15 is 0 Å². The van der Waals surface area contributed by atoms with E-state index in [2.05, 4.69) is 31.7 Å². The molecule has 0 aliphatic heterocycles. The van der Waals surface area contributed by atoms with Crippen LogP contribution < -0.4 is 0 Å². The van der Waals surface area contributed by atoms with Crippen molar-refractivity contribution in [3.63, 3.8) is 0 Å². The Bertz CT molecular complexity index is 359. The molecule has 0 radical (unpaired) electrons. The van der Waals surface area contributed by atoms with Crippen molar-refractivity contribution in [2.24, 2.45) is 5.41 Å². The maximum atomic E-state index is 11.7. The summed E-state index contributed by atoms with van der Waals surface area (Å²) in [5, 5.41) is 0. The van der Waals surface area contributed by atoms with Crippen LogP contribution in [0.4, 0.5) is 0 Å². The van der Waals surface area contributed by atoms with E-state index in [1.54, 1.807) is 0 Å². The third kappa shape index (κ3) is 4.20. The summed E-state index contributed by atoms with van der Waals surface area (Å²) in [6.45, 7) is 8.31. The van der Waals surface area contributed by atoms with Gasteiger partial charge in [0.2, 0.25) is 0 Å². The molecule has 0 amide bonds. The second-order valence-corrected chi connectivity index (χ2v) is 5.41. The molecule has 1 nitrogen and oxygen atoms in total. The van der Waals surface area contributed by atoms with Crippen LogP contribution in [0.3, 0.4) is 0 Å². The van der Waals surface area contributed by atoms with Crippen molar-refractivity contribution in [1.82, 2.24) is 0 Å². The second kappa shape index (κ2) is 5.32. The molecule has 1 heteroatoms. The van der Waals surface area contributed by atoms with Gasteiger partial charge < -0.3 is 0 Å². The first kappa shape index (κ1) is 13.0. The molecule has 0 heterocycles. The third-order valence-electron chi connectivity index (χ3n) is 2.74. The van der Waals surface area contributed by atoms with Crippen LogP contribution in [0, 0.1) is 5.41 Å². The Morgan fingerprint density at radius 3 is 2.44 bits per heavy atom. The fourth-order valence-corrected chi connectivity index (χ4v) is 1.87. The number of hydrogen-bond acceptors (Lipinski definition) is 1. The molecule has 1 rings (SSSR count). The second-order valence-electron chi connectivity index (χ2n) is 5.41. The summed E-state index contributed by atoms with van der Waals surface area (Å²) in [5.41, 5.74) is 5.34. The summed E-state index contributed by atoms with van der Waals surface area (Å²) < 4.78 is 0. The first-order valence-corrected chi connectivity index (χ1v) is 6.07. The lowest BCUT2D eigenvalue weighted by molar-refractivity contribution is -0.116. The summed E-state index contributed by atoms with van der Waals surface area (Å²) in [6, 6.07) is 0. The van der Waals surface area contributed by atoms with Gasteiger partial charge in [0, 0.05) is 11.8 Å². The predicted molar refractivity (Wildman–Crippen MR) is 68.3 cm³/mol. The van der Waals surface area contributed by atoms with Crippen LogP contribution >= 0.6 is 0 Å². The number of rotatable bonds is 2. The van der Waals surface area contributed by atoms with Crippen LogP contribution in [0.2, 0.25) is 0 Å². The smallest absolute Gasteiger partial charge is 0.158 e. The van der Waals surface area contributed by atoms with Crippen molar-refractivity contribution in [3.05, 3.63) is 29.0 Å². The van der Waals surface area contributed by atoms with E-state index in [0.29, 0.717) is 5.78 Å². The summed E-state index contributed by atoms with van der Waals surface area (Å²) in [6.07, 6.45) is 8.06. The molecule has 0 aromatic rings. The highest BCUT2D eigenvalue weighted by atomic mass is 16.1. The van der Waals surface area contributed by atoms with Gasteiger partial charge in [-0.05, 0) is 50.3 Å². The van der Waals surface area contributed by atoms with Crippen molar-refractivity contribution >= 4 is 5.78 Å². The molecule has 0 aromatic carbocycles. The first-order chi connectivity index (χ1) is 7.41. The monoisotopic (exact) mass is 218 g/mol. The van der Waals surface area contributed by atoms with E-state index in [-0.39, 0.29) is 5.41 Å². The number of hydrogen-bond donors (Lipinski definition) is 0. The minimum Gasteiger partial charge on any atom is -0.295 e. The average molecular weight is 218 g/mol. The van der Waals surface area contributed by atoms with Crippen LogP contribution in [0.15, 0.2) is 29.0 Å². The summed E-state index contributed by atoms with van der Waals surface area (Å²) in [7, 11) is 0. The standard InChI is InChI=1S/C15H22O/c1-12(2)9-10-15(3,4)11-13-7-5-6-8-14(13)16/h10-11H,5-8H2,1-4H3/b13-11-. The fraction of sp³-hybridized carbons (Fsp3) is 0.600. The Labute approximate surface area is 98.9 Å². The molecule has 16 heavy (non-hydrogen) atoms. The molecule has 0 saturated heterocycles. The van der Waals surface area contributed by atoms with Crippen LogP contribution in [0.1, 0.15) is 53.4 Å². The van der Waals surface area contributed by atoms with Crippen molar-refractivity contribution in [2.75, 3.05) is 0 Å². The SMILES string of the molecule is CC(C)=C=CC(C)(C)/C=C1/CCCCC1=O. The molecular weight excluding hydrogens is 196 g/mol. The predicted octanol–water partition coefficient (Wildman–Crippen LogP) is 4.20. The van der Waals surface area contributed by atoms with E-state index in [4.69, 9.17) is 0 Å². The lowest BCUT2D eigenvalue weighted by Gasteiger charge is -2.19. The van der Waals surface area contributed by atoms with Crippen molar-refractivity contribution in [1.29, 1.82) is 0 Å². The highest BCUT2D eigenvalue weighted by Gasteiger charge is 2.19. The molecule has 88 valence electrons. The minimum atomic E-state index is -0.0698. The van der Waals surface area contributed by atoms with Crippen LogP contribution in [-0.2, 0) is 4.79 Å². The van der Waals surface area contributed by atoms with Gasteiger partial charge in [-0.15, -0.1) is 5.73 Å². The van der Waals surface area contributed by atoms with Gasteiger partial charge in [-0.3, -0.25) is 4.79 Å². The Balaban J connectivity index is 2.88.